The van der Waals surface area contributed by atoms with Gasteiger partial charge in [-0.25, -0.2) is 4.39 Å². The lowest BCUT2D eigenvalue weighted by Crippen LogP contribution is -2.53. The van der Waals surface area contributed by atoms with Gasteiger partial charge in [-0.2, -0.15) is 0 Å². The van der Waals surface area contributed by atoms with Crippen molar-refractivity contribution in [3.05, 3.63) is 58.0 Å². The highest BCUT2D eigenvalue weighted by atomic mass is 32.1. The lowest BCUT2D eigenvalue weighted by Gasteiger charge is -2.38. The van der Waals surface area contributed by atoms with Gasteiger partial charge in [-0.1, -0.05) is 6.07 Å². The molecule has 30 heavy (non-hydrogen) atoms. The van der Waals surface area contributed by atoms with E-state index in [0.717, 1.165) is 4.88 Å². The summed E-state index contributed by atoms with van der Waals surface area (Å²) in [7, 11) is 0. The van der Waals surface area contributed by atoms with E-state index in [2.05, 4.69) is 0 Å². The van der Waals surface area contributed by atoms with Crippen LogP contribution in [0.15, 0.2) is 41.8 Å². The molecule has 2 aliphatic heterocycles. The fraction of sp³-hybridized carbons (Fsp3) is 0.409. The van der Waals surface area contributed by atoms with Crippen molar-refractivity contribution in [1.29, 1.82) is 0 Å². The Hall–Kier alpha value is -2.74. The van der Waals surface area contributed by atoms with E-state index in [-0.39, 0.29) is 29.5 Å². The second-order valence-corrected chi connectivity index (χ2v) is 8.62. The average Bonchev–Trinajstić information content (AvgIpc) is 3.33. The minimum Gasteiger partial charge on any atom is -0.339 e. The van der Waals surface area contributed by atoms with Crippen molar-refractivity contribution in [2.45, 2.75) is 12.8 Å². The predicted octanol–water partition coefficient (Wildman–Crippen LogP) is 2.72. The molecule has 0 N–H and O–H groups in total. The molecular formula is C22H24FN3O3S. The minimum atomic E-state index is -0.370. The number of nitrogens with zero attached hydrogens (tertiary/aromatic N) is 3. The molecule has 0 radical (unpaired) electrons. The molecule has 0 unspecified atom stereocenters. The highest BCUT2D eigenvalue weighted by molar-refractivity contribution is 7.12. The number of carbonyl (C=O) groups excluding carboxylic acids is 3. The third kappa shape index (κ3) is 4.38. The molecule has 0 bridgehead atoms. The van der Waals surface area contributed by atoms with Crippen LogP contribution in [0.4, 0.5) is 4.39 Å². The van der Waals surface area contributed by atoms with Crippen LogP contribution in [-0.4, -0.2) is 71.7 Å². The predicted molar refractivity (Wildman–Crippen MR) is 112 cm³/mol. The van der Waals surface area contributed by atoms with E-state index in [9.17, 15) is 18.8 Å². The molecule has 1 aromatic heterocycles. The Morgan fingerprint density at radius 1 is 0.800 bits per heavy atom. The van der Waals surface area contributed by atoms with Crippen molar-refractivity contribution >= 4 is 29.1 Å². The molecule has 1 aromatic carbocycles. The number of likely N-dealkylation sites (tertiary alicyclic amines) is 1. The van der Waals surface area contributed by atoms with Crippen molar-refractivity contribution in [2.75, 3.05) is 39.3 Å². The van der Waals surface area contributed by atoms with Crippen LogP contribution in [0.2, 0.25) is 0 Å². The molecule has 158 valence electrons. The summed E-state index contributed by atoms with van der Waals surface area (Å²) in [5, 5.41) is 1.89. The van der Waals surface area contributed by atoms with Gasteiger partial charge in [0.15, 0.2) is 0 Å². The van der Waals surface area contributed by atoms with Crippen LogP contribution < -0.4 is 0 Å². The van der Waals surface area contributed by atoms with Crippen LogP contribution >= 0.6 is 11.3 Å². The van der Waals surface area contributed by atoms with Crippen molar-refractivity contribution in [3.8, 4) is 0 Å². The number of hydrogen-bond acceptors (Lipinski definition) is 4. The third-order valence-electron chi connectivity index (χ3n) is 5.83. The first-order valence-corrected chi connectivity index (χ1v) is 11.1. The van der Waals surface area contributed by atoms with Gasteiger partial charge in [0.1, 0.15) is 5.82 Å². The molecule has 0 aliphatic carbocycles. The number of halogens is 1. The quantitative estimate of drug-likeness (QED) is 0.754. The Kier molecular flexibility index (Phi) is 6.13. The van der Waals surface area contributed by atoms with E-state index in [1.54, 1.807) is 4.90 Å². The number of hydrogen-bond donors (Lipinski definition) is 0. The molecule has 3 amide bonds. The number of piperazine rings is 1. The lowest BCUT2D eigenvalue weighted by molar-refractivity contribution is -0.138. The maximum Gasteiger partial charge on any atom is 0.263 e. The zero-order valence-corrected chi connectivity index (χ0v) is 17.4. The number of amides is 3. The maximum absolute atomic E-state index is 13.1. The number of benzene rings is 1. The van der Waals surface area contributed by atoms with Crippen LogP contribution in [0.1, 0.15) is 32.9 Å². The van der Waals surface area contributed by atoms with Gasteiger partial charge < -0.3 is 14.7 Å². The van der Waals surface area contributed by atoms with Crippen LogP contribution in [0.5, 0.6) is 0 Å². The molecule has 2 fully saturated rings. The number of rotatable bonds is 3. The van der Waals surface area contributed by atoms with Crippen LogP contribution in [0.25, 0.3) is 0 Å². The van der Waals surface area contributed by atoms with E-state index in [1.165, 1.54) is 35.6 Å². The van der Waals surface area contributed by atoms with Gasteiger partial charge in [0.2, 0.25) is 5.91 Å². The van der Waals surface area contributed by atoms with Gasteiger partial charge in [-0.05, 0) is 48.6 Å². The zero-order valence-electron chi connectivity index (χ0n) is 16.6. The van der Waals surface area contributed by atoms with E-state index < -0.39 is 0 Å². The Morgan fingerprint density at radius 2 is 1.40 bits per heavy atom. The first-order chi connectivity index (χ1) is 14.5. The molecule has 2 aromatic rings. The molecule has 2 aliphatic rings. The molecule has 0 saturated carbocycles. The zero-order chi connectivity index (χ0) is 21.1. The fourth-order valence-electron chi connectivity index (χ4n) is 4.05. The summed E-state index contributed by atoms with van der Waals surface area (Å²) in [5.74, 6) is -0.416. The Morgan fingerprint density at radius 3 is 2.00 bits per heavy atom. The molecule has 0 atom stereocenters. The lowest BCUT2D eigenvalue weighted by atomic mass is 9.94. The topological polar surface area (TPSA) is 60.9 Å². The first kappa shape index (κ1) is 20.5. The van der Waals surface area contributed by atoms with Gasteiger partial charge in [0, 0.05) is 50.7 Å². The minimum absolute atomic E-state index is 0.0452. The second-order valence-electron chi connectivity index (χ2n) is 7.67. The van der Waals surface area contributed by atoms with Crippen LogP contribution in [0.3, 0.4) is 0 Å². The van der Waals surface area contributed by atoms with E-state index in [1.807, 2.05) is 27.3 Å². The van der Waals surface area contributed by atoms with E-state index in [4.69, 9.17) is 0 Å². The average molecular weight is 430 g/mol. The number of thiophene rings is 1. The molecule has 3 heterocycles. The molecule has 0 spiro atoms. The van der Waals surface area contributed by atoms with E-state index >= 15 is 0 Å². The van der Waals surface area contributed by atoms with Crippen molar-refractivity contribution in [3.63, 3.8) is 0 Å². The summed E-state index contributed by atoms with van der Waals surface area (Å²) in [5.41, 5.74) is 0.457. The maximum atomic E-state index is 13.1. The Balaban J connectivity index is 1.26. The number of piperidine rings is 1. The largest absolute Gasteiger partial charge is 0.339 e. The van der Waals surface area contributed by atoms with Crippen molar-refractivity contribution < 1.29 is 18.8 Å². The fourth-order valence-corrected chi connectivity index (χ4v) is 4.74. The summed E-state index contributed by atoms with van der Waals surface area (Å²) in [4.78, 5) is 44.0. The molecule has 4 rings (SSSR count). The second kappa shape index (κ2) is 8.95. The van der Waals surface area contributed by atoms with Crippen molar-refractivity contribution in [1.82, 2.24) is 14.7 Å². The van der Waals surface area contributed by atoms with Gasteiger partial charge in [0.05, 0.1) is 4.88 Å². The smallest absolute Gasteiger partial charge is 0.263 e. The summed E-state index contributed by atoms with van der Waals surface area (Å²) < 4.78 is 13.1. The highest BCUT2D eigenvalue weighted by Gasteiger charge is 2.33. The Bertz CT molecular complexity index is 900. The summed E-state index contributed by atoms with van der Waals surface area (Å²) in [6.45, 7) is 3.13. The molecule has 2 saturated heterocycles. The molecular weight excluding hydrogens is 405 g/mol. The standard InChI is InChI=1S/C22H24FN3O3S/c23-18-5-3-16(4-6-18)20(27)25-11-13-26(14-12-25)21(28)17-7-9-24(10-8-17)22(29)19-2-1-15-30-19/h1-6,15,17H,7-14H2. The molecule has 8 heteroatoms. The molecule has 6 nitrogen and oxygen atoms in total. The van der Waals surface area contributed by atoms with Gasteiger partial charge in [-0.3, -0.25) is 14.4 Å². The highest BCUT2D eigenvalue weighted by Crippen LogP contribution is 2.23. The van der Waals surface area contributed by atoms with E-state index in [0.29, 0.717) is 57.7 Å². The monoisotopic (exact) mass is 429 g/mol. The van der Waals surface area contributed by atoms with Gasteiger partial charge >= 0.3 is 0 Å². The normalized spacial score (nSPS) is 17.8. The SMILES string of the molecule is O=C(c1ccc(F)cc1)N1CCN(C(=O)C2CCN(C(=O)c3cccs3)CC2)CC1. The van der Waals surface area contributed by atoms with Crippen LogP contribution in [0, 0.1) is 11.7 Å². The summed E-state index contributed by atoms with van der Waals surface area (Å²) >= 11 is 1.44. The van der Waals surface area contributed by atoms with Gasteiger partial charge in [0.25, 0.3) is 11.8 Å². The van der Waals surface area contributed by atoms with Crippen LogP contribution in [-0.2, 0) is 4.79 Å². The first-order valence-electron chi connectivity index (χ1n) is 10.2. The number of carbonyl (C=O) groups is 3. The van der Waals surface area contributed by atoms with Crippen molar-refractivity contribution in [2.24, 2.45) is 5.92 Å². The summed E-state index contributed by atoms with van der Waals surface area (Å²) in [6, 6.07) is 9.23. The summed E-state index contributed by atoms with van der Waals surface area (Å²) in [6.07, 6.45) is 1.34. The third-order valence-corrected chi connectivity index (χ3v) is 6.69. The Labute approximate surface area is 178 Å². The van der Waals surface area contributed by atoms with Gasteiger partial charge in [-0.15, -0.1) is 11.3 Å².